The predicted molar refractivity (Wildman–Crippen MR) is 65.7 cm³/mol. The number of rotatable bonds is 8. The van der Waals surface area contributed by atoms with E-state index in [0.29, 0.717) is 6.04 Å². The fourth-order valence-corrected chi connectivity index (χ4v) is 1.71. The Hall–Kier alpha value is -1.01. The summed E-state index contributed by atoms with van der Waals surface area (Å²) in [6.07, 6.45) is 3.10. The highest BCUT2D eigenvalue weighted by Gasteiger charge is 2.15. The smallest absolute Gasteiger partial charge is 0.176 e. The minimum atomic E-state index is 0.237. The van der Waals surface area contributed by atoms with Gasteiger partial charge in [-0.2, -0.15) is 4.80 Å². The zero-order valence-corrected chi connectivity index (χ0v) is 11.2. The van der Waals surface area contributed by atoms with Crippen molar-refractivity contribution in [1.29, 1.82) is 0 Å². The Morgan fingerprint density at radius 1 is 1.47 bits per heavy atom. The van der Waals surface area contributed by atoms with Crippen molar-refractivity contribution in [2.24, 2.45) is 7.05 Å². The summed E-state index contributed by atoms with van der Waals surface area (Å²) >= 11 is 0. The van der Waals surface area contributed by atoms with Crippen LogP contribution in [0.3, 0.4) is 0 Å². The summed E-state index contributed by atoms with van der Waals surface area (Å²) in [5, 5.41) is 15.6. The second-order valence-corrected chi connectivity index (χ2v) is 4.33. The zero-order chi connectivity index (χ0) is 12.7. The lowest BCUT2D eigenvalue weighted by Gasteiger charge is -2.20. The quantitative estimate of drug-likeness (QED) is 0.720. The maximum absolute atomic E-state index is 5.30. The molecule has 2 atom stereocenters. The summed E-state index contributed by atoms with van der Waals surface area (Å²) in [4.78, 5) is 1.49. The van der Waals surface area contributed by atoms with E-state index in [-0.39, 0.29) is 6.10 Å². The van der Waals surface area contributed by atoms with E-state index in [0.717, 1.165) is 31.6 Å². The van der Waals surface area contributed by atoms with Crippen LogP contribution >= 0.6 is 0 Å². The Morgan fingerprint density at radius 2 is 2.24 bits per heavy atom. The standard InChI is InChI=1S/C11H23N5O/c1-5-6-12-10(7-9(2)17-4)8-11-13-15-16(3)14-11/h9-10,12H,5-8H2,1-4H3. The molecule has 0 amide bonds. The molecule has 0 radical (unpaired) electrons. The molecule has 0 fully saturated rings. The molecule has 0 bridgehead atoms. The van der Waals surface area contributed by atoms with Crippen LogP contribution < -0.4 is 5.32 Å². The van der Waals surface area contributed by atoms with Crippen molar-refractivity contribution in [2.45, 2.75) is 45.3 Å². The van der Waals surface area contributed by atoms with Crippen LogP contribution in [0.25, 0.3) is 0 Å². The Balaban J connectivity index is 2.50. The number of ether oxygens (including phenoxy) is 1. The lowest BCUT2D eigenvalue weighted by atomic mass is 10.1. The average molecular weight is 241 g/mol. The van der Waals surface area contributed by atoms with Gasteiger partial charge in [-0.3, -0.25) is 0 Å². The molecule has 0 aliphatic rings. The maximum atomic E-state index is 5.30. The molecule has 0 aromatic carbocycles. The number of hydrogen-bond donors (Lipinski definition) is 1. The van der Waals surface area contributed by atoms with E-state index in [1.54, 1.807) is 14.2 Å². The minimum Gasteiger partial charge on any atom is -0.382 e. The van der Waals surface area contributed by atoms with Gasteiger partial charge in [0, 0.05) is 19.6 Å². The molecule has 0 saturated carbocycles. The molecule has 0 aliphatic heterocycles. The molecule has 2 unspecified atom stereocenters. The predicted octanol–water partition coefficient (Wildman–Crippen LogP) is 0.546. The number of aromatic nitrogens is 4. The van der Waals surface area contributed by atoms with E-state index >= 15 is 0 Å². The molecule has 1 aromatic heterocycles. The van der Waals surface area contributed by atoms with Crippen LogP contribution in [0.5, 0.6) is 0 Å². The first-order valence-electron chi connectivity index (χ1n) is 6.14. The number of hydrogen-bond acceptors (Lipinski definition) is 5. The molecule has 6 heteroatoms. The van der Waals surface area contributed by atoms with Gasteiger partial charge in [0.25, 0.3) is 0 Å². The molecule has 1 N–H and O–H groups in total. The van der Waals surface area contributed by atoms with Crippen LogP contribution in [0, 0.1) is 0 Å². The lowest BCUT2D eigenvalue weighted by Crippen LogP contribution is -2.35. The van der Waals surface area contributed by atoms with Crippen molar-refractivity contribution in [3.8, 4) is 0 Å². The molecular formula is C11H23N5O. The summed E-state index contributed by atoms with van der Waals surface area (Å²) in [6, 6.07) is 0.342. The Bertz CT molecular complexity index is 315. The van der Waals surface area contributed by atoms with Crippen molar-refractivity contribution in [2.75, 3.05) is 13.7 Å². The second-order valence-electron chi connectivity index (χ2n) is 4.33. The van der Waals surface area contributed by atoms with Gasteiger partial charge in [-0.05, 0) is 31.5 Å². The topological polar surface area (TPSA) is 64.9 Å². The molecule has 98 valence electrons. The third-order valence-electron chi connectivity index (χ3n) is 2.68. The Kier molecular flexibility index (Phi) is 6.07. The number of methoxy groups -OCH3 is 1. The van der Waals surface area contributed by atoms with Gasteiger partial charge in [0.15, 0.2) is 5.82 Å². The lowest BCUT2D eigenvalue weighted by molar-refractivity contribution is 0.100. The van der Waals surface area contributed by atoms with Crippen LogP contribution in [0.2, 0.25) is 0 Å². The van der Waals surface area contributed by atoms with Crippen molar-refractivity contribution < 1.29 is 4.74 Å². The van der Waals surface area contributed by atoms with Gasteiger partial charge in [0.05, 0.1) is 13.2 Å². The van der Waals surface area contributed by atoms with Crippen LogP contribution in [-0.4, -0.2) is 46.0 Å². The van der Waals surface area contributed by atoms with Crippen LogP contribution in [0.1, 0.15) is 32.5 Å². The van der Waals surface area contributed by atoms with Crippen molar-refractivity contribution in [1.82, 2.24) is 25.5 Å². The van der Waals surface area contributed by atoms with Gasteiger partial charge in [-0.25, -0.2) is 0 Å². The van der Waals surface area contributed by atoms with Crippen LogP contribution in [0.4, 0.5) is 0 Å². The van der Waals surface area contributed by atoms with Crippen LogP contribution in [-0.2, 0) is 18.2 Å². The summed E-state index contributed by atoms with van der Waals surface area (Å²) in [5.74, 6) is 0.782. The van der Waals surface area contributed by atoms with Crippen molar-refractivity contribution in [3.05, 3.63) is 5.82 Å². The fraction of sp³-hybridized carbons (Fsp3) is 0.909. The van der Waals surface area contributed by atoms with Gasteiger partial charge in [-0.1, -0.05) is 6.92 Å². The third kappa shape index (κ3) is 5.23. The van der Waals surface area contributed by atoms with E-state index < -0.39 is 0 Å². The van der Waals surface area contributed by atoms with Crippen LogP contribution in [0.15, 0.2) is 0 Å². The first-order chi connectivity index (χ1) is 8.15. The molecule has 0 aliphatic carbocycles. The van der Waals surface area contributed by atoms with Gasteiger partial charge >= 0.3 is 0 Å². The van der Waals surface area contributed by atoms with E-state index in [9.17, 15) is 0 Å². The average Bonchev–Trinajstić information content (AvgIpc) is 2.71. The van der Waals surface area contributed by atoms with Gasteiger partial charge in [0.2, 0.25) is 0 Å². The maximum Gasteiger partial charge on any atom is 0.176 e. The largest absolute Gasteiger partial charge is 0.382 e. The molecule has 1 heterocycles. The molecule has 6 nitrogen and oxygen atoms in total. The highest BCUT2D eigenvalue weighted by atomic mass is 16.5. The highest BCUT2D eigenvalue weighted by molar-refractivity contribution is 4.85. The first-order valence-corrected chi connectivity index (χ1v) is 6.14. The fourth-order valence-electron chi connectivity index (χ4n) is 1.71. The van der Waals surface area contributed by atoms with Crippen molar-refractivity contribution >= 4 is 0 Å². The number of nitrogens with zero attached hydrogens (tertiary/aromatic N) is 4. The summed E-state index contributed by atoms with van der Waals surface area (Å²) in [5.41, 5.74) is 0. The third-order valence-corrected chi connectivity index (χ3v) is 2.68. The SMILES string of the molecule is CCCNC(Cc1nnn(C)n1)CC(C)OC. The van der Waals surface area contributed by atoms with Gasteiger partial charge in [0.1, 0.15) is 0 Å². The summed E-state index contributed by atoms with van der Waals surface area (Å²) < 4.78 is 5.30. The number of tetrazole rings is 1. The number of aryl methyl sites for hydroxylation is 1. The molecule has 1 rings (SSSR count). The molecule has 0 spiro atoms. The minimum absolute atomic E-state index is 0.237. The monoisotopic (exact) mass is 241 g/mol. The summed E-state index contributed by atoms with van der Waals surface area (Å²) in [7, 11) is 3.52. The molecular weight excluding hydrogens is 218 g/mol. The highest BCUT2D eigenvalue weighted by Crippen LogP contribution is 2.06. The summed E-state index contributed by atoms with van der Waals surface area (Å²) in [6.45, 7) is 5.23. The first kappa shape index (κ1) is 14.1. The number of nitrogens with one attached hydrogen (secondary N) is 1. The van der Waals surface area contributed by atoms with E-state index in [1.807, 2.05) is 0 Å². The van der Waals surface area contributed by atoms with E-state index in [1.165, 1.54) is 4.80 Å². The normalized spacial score (nSPS) is 14.8. The van der Waals surface area contributed by atoms with E-state index in [2.05, 4.69) is 34.6 Å². The Morgan fingerprint density at radius 3 is 2.76 bits per heavy atom. The zero-order valence-electron chi connectivity index (χ0n) is 11.2. The Labute approximate surface area is 103 Å². The van der Waals surface area contributed by atoms with Gasteiger partial charge in [-0.15, -0.1) is 10.2 Å². The molecule has 0 saturated heterocycles. The van der Waals surface area contributed by atoms with Crippen molar-refractivity contribution in [3.63, 3.8) is 0 Å². The molecule has 17 heavy (non-hydrogen) atoms. The van der Waals surface area contributed by atoms with Gasteiger partial charge < -0.3 is 10.1 Å². The van der Waals surface area contributed by atoms with E-state index in [4.69, 9.17) is 4.74 Å². The second kappa shape index (κ2) is 7.34. The molecule has 1 aromatic rings.